The molecule has 7 rings (SSSR count). The van der Waals surface area contributed by atoms with E-state index in [9.17, 15) is 18.0 Å². The van der Waals surface area contributed by atoms with E-state index >= 15 is 0 Å². The largest absolute Gasteiger partial charge is 0.504 e. The maximum absolute atomic E-state index is 13.6. The predicted octanol–water partition coefficient (Wildman–Crippen LogP) is 3.45. The number of H-pyrrole nitrogens is 1. The molecule has 2 aliphatic rings. The first-order chi connectivity index (χ1) is 17.9. The van der Waals surface area contributed by atoms with Crippen molar-refractivity contribution in [1.82, 2.24) is 44.5 Å². The van der Waals surface area contributed by atoms with E-state index in [0.717, 1.165) is 36.4 Å². The number of aromatic amines is 1. The number of carbonyl (C=O) groups excluding carboxylic acids is 1. The van der Waals surface area contributed by atoms with Gasteiger partial charge in [-0.25, -0.2) is 9.50 Å². The Hall–Kier alpha value is -4.49. The Bertz CT molecular complexity index is 1640. The van der Waals surface area contributed by atoms with Crippen molar-refractivity contribution in [2.24, 2.45) is 0 Å². The lowest BCUT2D eigenvalue weighted by Gasteiger charge is -2.32. The van der Waals surface area contributed by atoms with Gasteiger partial charge in [-0.1, -0.05) is 6.07 Å². The molecule has 1 N–H and O–H groups in total. The van der Waals surface area contributed by atoms with Crippen molar-refractivity contribution in [1.29, 1.82) is 0 Å². The van der Waals surface area contributed by atoms with Gasteiger partial charge in [0.2, 0.25) is 0 Å². The van der Waals surface area contributed by atoms with Crippen LogP contribution in [0.3, 0.4) is 0 Å². The van der Waals surface area contributed by atoms with E-state index in [2.05, 4.69) is 31.3 Å². The maximum atomic E-state index is 13.6. The molecule has 5 aromatic rings. The number of imidazole rings is 1. The highest BCUT2D eigenvalue weighted by atomic mass is 19.4. The molecule has 11 nitrogen and oxygen atoms in total. The van der Waals surface area contributed by atoms with Gasteiger partial charge in [0.1, 0.15) is 6.04 Å². The van der Waals surface area contributed by atoms with Crippen molar-refractivity contribution in [3.05, 3.63) is 71.7 Å². The number of rotatable bonds is 4. The van der Waals surface area contributed by atoms with E-state index < -0.39 is 18.2 Å². The third-order valence-electron chi connectivity index (χ3n) is 6.73. The van der Waals surface area contributed by atoms with Gasteiger partial charge < -0.3 is 14.3 Å². The second-order valence-electron chi connectivity index (χ2n) is 9.11. The molecule has 37 heavy (non-hydrogen) atoms. The van der Waals surface area contributed by atoms with Crippen LogP contribution in [0.25, 0.3) is 17.0 Å². The fraction of sp³-hybridized carbons (Fsp3) is 0.304. The van der Waals surface area contributed by atoms with Gasteiger partial charge in [0.25, 0.3) is 5.89 Å². The van der Waals surface area contributed by atoms with Crippen LogP contribution in [-0.2, 0) is 12.7 Å². The number of aromatic nitrogens is 8. The van der Waals surface area contributed by atoms with E-state index in [-0.39, 0.29) is 22.0 Å². The second kappa shape index (κ2) is 7.75. The Morgan fingerprint density at radius 1 is 1.22 bits per heavy atom. The molecule has 0 spiro atoms. The van der Waals surface area contributed by atoms with Gasteiger partial charge in [-0.2, -0.15) is 14.9 Å². The van der Waals surface area contributed by atoms with Crippen LogP contribution < -0.4 is 0 Å². The zero-order chi connectivity index (χ0) is 25.3. The van der Waals surface area contributed by atoms with E-state index in [4.69, 9.17) is 9.52 Å². The number of nitrogens with one attached hydrogen (secondary N) is 1. The van der Waals surface area contributed by atoms with Crippen molar-refractivity contribution < 1.29 is 22.4 Å². The number of fused-ring (bicyclic) bond motifs is 2. The Labute approximate surface area is 205 Å². The third kappa shape index (κ3) is 3.58. The number of nitrogens with zero attached hydrogens (tertiary/aromatic N) is 8. The highest BCUT2D eigenvalue weighted by molar-refractivity contribution is 5.90. The first-order valence-corrected chi connectivity index (χ1v) is 11.6. The van der Waals surface area contributed by atoms with Gasteiger partial charge in [0, 0.05) is 31.1 Å². The Kier molecular flexibility index (Phi) is 4.56. The molecule has 1 aliphatic carbocycles. The number of hydrogen-bond acceptors (Lipinski definition) is 7. The molecular formula is C23H18F3N9O2. The van der Waals surface area contributed by atoms with Crippen LogP contribution in [0.4, 0.5) is 13.2 Å². The average molecular weight is 509 g/mol. The molecule has 6 heterocycles. The average Bonchev–Trinajstić information content (AvgIpc) is 3.33. The summed E-state index contributed by atoms with van der Waals surface area (Å²) in [7, 11) is 0. The number of alkyl halides is 3. The molecule has 0 bridgehead atoms. The molecule has 5 aromatic heterocycles. The molecule has 1 atom stereocenters. The normalized spacial score (nSPS) is 17.9. The number of halogens is 3. The van der Waals surface area contributed by atoms with Crippen LogP contribution in [-0.4, -0.2) is 56.9 Å². The Morgan fingerprint density at radius 3 is 2.86 bits per heavy atom. The topological polar surface area (TPSA) is 123 Å². The lowest BCUT2D eigenvalue weighted by Crippen LogP contribution is -2.41. The number of pyridine rings is 1. The SMILES string of the molecule is O=C(c1nnc(-c2cnn(C(F)(F)F)c2)o1)N1CCc2[nH]cnc2[C@H]1c1cc2c(C3CC3)cccn2n1. The molecule has 0 saturated heterocycles. The van der Waals surface area contributed by atoms with E-state index in [1.54, 1.807) is 11.2 Å². The Morgan fingerprint density at radius 2 is 2.08 bits per heavy atom. The summed E-state index contributed by atoms with van der Waals surface area (Å²) in [6.45, 7) is 0.325. The van der Waals surface area contributed by atoms with Gasteiger partial charge in [-0.3, -0.25) is 4.79 Å². The zero-order valence-electron chi connectivity index (χ0n) is 19.1. The fourth-order valence-electron chi connectivity index (χ4n) is 4.85. The summed E-state index contributed by atoms with van der Waals surface area (Å²) >= 11 is 0. The quantitative estimate of drug-likeness (QED) is 0.394. The van der Waals surface area contributed by atoms with Crippen molar-refractivity contribution in [2.75, 3.05) is 6.54 Å². The van der Waals surface area contributed by atoms with Gasteiger partial charge in [-0.05, 0) is 36.5 Å². The molecule has 0 radical (unpaired) electrons. The minimum absolute atomic E-state index is 0.0541. The summed E-state index contributed by atoms with van der Waals surface area (Å²) in [5, 5.41) is 15.6. The van der Waals surface area contributed by atoms with Crippen molar-refractivity contribution in [2.45, 2.75) is 37.5 Å². The highest BCUT2D eigenvalue weighted by Crippen LogP contribution is 2.43. The van der Waals surface area contributed by atoms with Crippen LogP contribution in [0.2, 0.25) is 0 Å². The van der Waals surface area contributed by atoms with Crippen molar-refractivity contribution >= 4 is 11.4 Å². The monoisotopic (exact) mass is 509 g/mol. The number of hydrogen-bond donors (Lipinski definition) is 1. The van der Waals surface area contributed by atoms with E-state index in [1.807, 2.05) is 22.8 Å². The number of amides is 1. The van der Waals surface area contributed by atoms with Crippen LogP contribution in [0.15, 0.2) is 47.5 Å². The molecule has 1 aliphatic heterocycles. The molecule has 1 fully saturated rings. The van der Waals surface area contributed by atoms with Crippen molar-refractivity contribution in [3.63, 3.8) is 0 Å². The second-order valence-corrected chi connectivity index (χ2v) is 9.11. The maximum Gasteiger partial charge on any atom is 0.504 e. The summed E-state index contributed by atoms with van der Waals surface area (Å²) in [6.07, 6.45) is 3.23. The smallest absolute Gasteiger partial charge is 0.412 e. The molecule has 1 saturated carbocycles. The van der Waals surface area contributed by atoms with Gasteiger partial charge in [0.05, 0.1) is 35.0 Å². The Balaban J connectivity index is 1.25. The molecule has 188 valence electrons. The lowest BCUT2D eigenvalue weighted by atomic mass is 9.99. The van der Waals surface area contributed by atoms with Gasteiger partial charge >= 0.3 is 18.1 Å². The lowest BCUT2D eigenvalue weighted by molar-refractivity contribution is -0.212. The first-order valence-electron chi connectivity index (χ1n) is 11.6. The van der Waals surface area contributed by atoms with Crippen LogP contribution in [0.1, 0.15) is 58.1 Å². The standard InChI is InChI=1S/C23H18F3N9O2/c24-23(25,26)35-10-13(9-29-35)20-30-31-21(37-20)22(36)33-7-5-15-18(28-11-27-15)19(33)16-8-17-14(12-3-4-12)2-1-6-34(17)32-16/h1-2,6,8-12,19H,3-5,7H2,(H,27,28)/t19-/m1/s1. The minimum Gasteiger partial charge on any atom is -0.412 e. The predicted molar refractivity (Wildman–Crippen MR) is 119 cm³/mol. The molecule has 0 unspecified atom stereocenters. The number of carbonyl (C=O) groups is 1. The zero-order valence-corrected chi connectivity index (χ0v) is 19.1. The first kappa shape index (κ1) is 21.8. The van der Waals surface area contributed by atoms with Crippen LogP contribution in [0, 0.1) is 0 Å². The molecular weight excluding hydrogens is 491 g/mol. The summed E-state index contributed by atoms with van der Waals surface area (Å²) in [6, 6.07) is 5.43. The highest BCUT2D eigenvalue weighted by Gasteiger charge is 2.39. The summed E-state index contributed by atoms with van der Waals surface area (Å²) in [5.41, 5.74) is 4.36. The van der Waals surface area contributed by atoms with E-state index in [0.29, 0.717) is 30.3 Å². The van der Waals surface area contributed by atoms with Crippen LogP contribution >= 0.6 is 0 Å². The molecule has 1 amide bonds. The third-order valence-corrected chi connectivity index (χ3v) is 6.73. The van der Waals surface area contributed by atoms with Crippen LogP contribution in [0.5, 0.6) is 0 Å². The van der Waals surface area contributed by atoms with E-state index in [1.165, 1.54) is 5.56 Å². The fourth-order valence-corrected chi connectivity index (χ4v) is 4.85. The van der Waals surface area contributed by atoms with Gasteiger partial charge in [-0.15, -0.1) is 23.4 Å². The summed E-state index contributed by atoms with van der Waals surface area (Å²) < 4.78 is 45.8. The minimum atomic E-state index is -4.69. The van der Waals surface area contributed by atoms with Crippen molar-refractivity contribution in [3.8, 4) is 11.5 Å². The summed E-state index contributed by atoms with van der Waals surface area (Å²) in [5.74, 6) is -0.646. The summed E-state index contributed by atoms with van der Waals surface area (Å²) in [4.78, 5) is 22.7. The molecule has 14 heteroatoms. The molecule has 0 aromatic carbocycles. The van der Waals surface area contributed by atoms with Gasteiger partial charge in [0.15, 0.2) is 0 Å².